The number of rotatable bonds is 6. The van der Waals surface area contributed by atoms with Crippen molar-refractivity contribution in [3.05, 3.63) is 95.2 Å². The molecule has 1 aliphatic rings. The first-order valence-electron chi connectivity index (χ1n) is 12.2. The van der Waals surface area contributed by atoms with Gasteiger partial charge in [0, 0.05) is 32.7 Å². The summed E-state index contributed by atoms with van der Waals surface area (Å²) in [6, 6.07) is 14.6. The van der Waals surface area contributed by atoms with Gasteiger partial charge in [0.2, 0.25) is 0 Å². The van der Waals surface area contributed by atoms with Gasteiger partial charge in [-0.15, -0.1) is 0 Å². The fourth-order valence-corrected chi connectivity index (χ4v) is 6.23. The molecule has 0 radical (unpaired) electrons. The fourth-order valence-electron chi connectivity index (χ4n) is 4.81. The number of para-hydroxylation sites is 1. The van der Waals surface area contributed by atoms with Crippen LogP contribution in [0.15, 0.2) is 74.2 Å². The molecule has 39 heavy (non-hydrogen) atoms. The van der Waals surface area contributed by atoms with Gasteiger partial charge in [-0.2, -0.15) is 5.26 Å². The minimum atomic E-state index is -0.804. The van der Waals surface area contributed by atoms with E-state index >= 15 is 0 Å². The lowest BCUT2D eigenvalue weighted by atomic mass is 9.95. The number of nitriles is 1. The maximum Gasteiger partial charge on any atom is 0.338 e. The van der Waals surface area contributed by atoms with Gasteiger partial charge in [-0.3, -0.25) is 9.36 Å². The number of esters is 1. The Balaban J connectivity index is 1.78. The molecule has 1 atom stereocenters. The van der Waals surface area contributed by atoms with Crippen LogP contribution in [0.2, 0.25) is 0 Å². The first-order chi connectivity index (χ1) is 18.7. The summed E-state index contributed by atoms with van der Waals surface area (Å²) in [7, 11) is 1.55. The normalized spacial score (nSPS) is 15.3. The Kier molecular flexibility index (Phi) is 7.30. The van der Waals surface area contributed by atoms with Crippen LogP contribution >= 0.6 is 27.3 Å². The molecular formula is C29H25BrN4O4S. The number of nitrogens with zero attached hydrogens (tertiary/aromatic N) is 4. The number of hydrogen-bond donors (Lipinski definition) is 0. The lowest BCUT2D eigenvalue weighted by Crippen LogP contribution is -2.40. The number of allylic oxidation sites excluding steroid dienone is 1. The molecule has 2 aromatic carbocycles. The lowest BCUT2D eigenvalue weighted by molar-refractivity contribution is -0.143. The molecule has 198 valence electrons. The quantitative estimate of drug-likeness (QED) is 0.303. The van der Waals surface area contributed by atoms with Gasteiger partial charge in [0.05, 0.1) is 35.1 Å². The van der Waals surface area contributed by atoms with Crippen LogP contribution in [0.3, 0.4) is 0 Å². The summed E-state index contributed by atoms with van der Waals surface area (Å²) in [4.78, 5) is 32.6. The number of fused-ring (bicyclic) bond motifs is 2. The molecule has 3 heterocycles. The third-order valence-corrected chi connectivity index (χ3v) is 7.89. The molecule has 0 fully saturated rings. The zero-order valence-electron chi connectivity index (χ0n) is 21.8. The van der Waals surface area contributed by atoms with Gasteiger partial charge in [0.25, 0.3) is 5.56 Å². The highest BCUT2D eigenvalue weighted by Crippen LogP contribution is 2.37. The van der Waals surface area contributed by atoms with Gasteiger partial charge in [0.1, 0.15) is 18.3 Å². The summed E-state index contributed by atoms with van der Waals surface area (Å²) >= 11 is 4.77. The second-order valence-electron chi connectivity index (χ2n) is 9.31. The number of thiazole rings is 1. The van der Waals surface area contributed by atoms with Gasteiger partial charge in [0.15, 0.2) is 4.80 Å². The zero-order chi connectivity index (χ0) is 27.8. The molecule has 0 bridgehead atoms. The van der Waals surface area contributed by atoms with Crippen LogP contribution in [0, 0.1) is 11.3 Å². The Morgan fingerprint density at radius 2 is 2.05 bits per heavy atom. The maximum atomic E-state index is 14.0. The van der Waals surface area contributed by atoms with E-state index in [4.69, 9.17) is 9.47 Å². The predicted octanol–water partition coefficient (Wildman–Crippen LogP) is 4.44. The maximum absolute atomic E-state index is 14.0. The summed E-state index contributed by atoms with van der Waals surface area (Å²) in [6.45, 7) is 5.50. The molecule has 0 N–H and O–H groups in total. The first-order valence-corrected chi connectivity index (χ1v) is 13.9. The van der Waals surface area contributed by atoms with Crippen LogP contribution in [-0.4, -0.2) is 28.3 Å². The van der Waals surface area contributed by atoms with Gasteiger partial charge in [-0.1, -0.05) is 45.5 Å². The molecule has 0 unspecified atom stereocenters. The number of ether oxygens (including phenoxy) is 2. The molecule has 1 aliphatic heterocycles. The van der Waals surface area contributed by atoms with Crippen molar-refractivity contribution in [3.8, 4) is 11.8 Å². The number of benzene rings is 2. The molecule has 2 aromatic heterocycles. The summed E-state index contributed by atoms with van der Waals surface area (Å²) in [5.41, 5.74) is 2.83. The van der Waals surface area contributed by atoms with Gasteiger partial charge >= 0.3 is 5.97 Å². The zero-order valence-corrected chi connectivity index (χ0v) is 24.2. The van der Waals surface area contributed by atoms with Gasteiger partial charge in [-0.25, -0.2) is 9.79 Å². The third kappa shape index (κ3) is 4.84. The Hall–Kier alpha value is -3.94. The Bertz CT molecular complexity index is 1870. The molecule has 10 heteroatoms. The number of halogens is 1. The summed E-state index contributed by atoms with van der Waals surface area (Å²) in [6.07, 6.45) is 3.34. The van der Waals surface area contributed by atoms with E-state index in [1.54, 1.807) is 38.5 Å². The smallest absolute Gasteiger partial charge is 0.338 e. The van der Waals surface area contributed by atoms with Crippen molar-refractivity contribution in [1.82, 2.24) is 9.13 Å². The number of hydrogen-bond acceptors (Lipinski definition) is 7. The average Bonchev–Trinajstić information content (AvgIpc) is 3.39. The number of methoxy groups -OCH3 is 1. The summed E-state index contributed by atoms with van der Waals surface area (Å²) in [5, 5.41) is 10.2. The van der Waals surface area contributed by atoms with Gasteiger partial charge < -0.3 is 14.0 Å². The minimum Gasteiger partial charge on any atom is -0.496 e. The van der Waals surface area contributed by atoms with Crippen LogP contribution in [0.25, 0.3) is 17.0 Å². The molecule has 0 aliphatic carbocycles. The van der Waals surface area contributed by atoms with E-state index in [0.717, 1.165) is 20.9 Å². The third-order valence-electron chi connectivity index (χ3n) is 6.42. The van der Waals surface area contributed by atoms with Gasteiger partial charge in [-0.05, 0) is 51.1 Å². The molecule has 4 aromatic rings. The molecule has 0 amide bonds. The largest absolute Gasteiger partial charge is 0.496 e. The highest BCUT2D eigenvalue weighted by Gasteiger charge is 2.35. The van der Waals surface area contributed by atoms with Crippen LogP contribution in [0.5, 0.6) is 5.75 Å². The van der Waals surface area contributed by atoms with E-state index in [1.807, 2.05) is 53.2 Å². The van der Waals surface area contributed by atoms with Crippen molar-refractivity contribution in [3.63, 3.8) is 0 Å². The van der Waals surface area contributed by atoms with E-state index in [2.05, 4.69) is 27.0 Å². The Labute approximate surface area is 236 Å². The molecule has 0 saturated carbocycles. The highest BCUT2D eigenvalue weighted by molar-refractivity contribution is 9.10. The molecule has 0 spiro atoms. The summed E-state index contributed by atoms with van der Waals surface area (Å²) < 4.78 is 15.9. The molecule has 5 rings (SSSR count). The standard InChI is InChI=1S/C29H25BrN4O4S/c1-16(2)38-28(36)25-17(3)32-29-34(26(25)21-14-19(30)9-10-23(21)37-4)27(35)24(39-29)13-18-15-33(12-11-31)22-8-6-5-7-20(18)22/h5-10,13-16,26H,12H2,1-4H3/b24-13-/t26-/m1/s1. The second kappa shape index (κ2) is 10.7. The minimum absolute atomic E-state index is 0.193. The highest BCUT2D eigenvalue weighted by atomic mass is 79.9. The van der Waals surface area contributed by atoms with E-state index in [-0.39, 0.29) is 23.8 Å². The second-order valence-corrected chi connectivity index (χ2v) is 11.2. The van der Waals surface area contributed by atoms with Crippen molar-refractivity contribution in [2.75, 3.05) is 7.11 Å². The number of aromatic nitrogens is 2. The SMILES string of the molecule is COc1ccc(Br)cc1[C@@H]1C(C(=O)OC(C)C)=C(C)N=c2s/c(=C\c3cn(CC#N)c4ccccc34)c(=O)n21. The topological polar surface area (TPSA) is 98.6 Å². The Morgan fingerprint density at radius 3 is 2.77 bits per heavy atom. The monoisotopic (exact) mass is 604 g/mol. The molecule has 8 nitrogen and oxygen atoms in total. The molecular weight excluding hydrogens is 580 g/mol. The van der Waals surface area contributed by atoms with E-state index < -0.39 is 12.0 Å². The van der Waals surface area contributed by atoms with Crippen molar-refractivity contribution in [2.45, 2.75) is 39.5 Å². The van der Waals surface area contributed by atoms with Crippen LogP contribution in [-0.2, 0) is 16.1 Å². The van der Waals surface area contributed by atoms with Crippen LogP contribution in [0.4, 0.5) is 0 Å². The average molecular weight is 606 g/mol. The number of carbonyl (C=O) groups is 1. The van der Waals surface area contributed by atoms with Crippen molar-refractivity contribution < 1.29 is 14.3 Å². The van der Waals surface area contributed by atoms with Crippen molar-refractivity contribution in [2.24, 2.45) is 4.99 Å². The fraction of sp³-hybridized carbons (Fsp3) is 0.241. The molecule has 0 saturated heterocycles. The lowest BCUT2D eigenvalue weighted by Gasteiger charge is -2.26. The van der Waals surface area contributed by atoms with Crippen molar-refractivity contribution in [1.29, 1.82) is 5.26 Å². The number of carbonyl (C=O) groups excluding carboxylic acids is 1. The first kappa shape index (κ1) is 26.7. The van der Waals surface area contributed by atoms with Crippen LogP contribution < -0.4 is 19.6 Å². The predicted molar refractivity (Wildman–Crippen MR) is 153 cm³/mol. The van der Waals surface area contributed by atoms with E-state index in [9.17, 15) is 14.9 Å². The van der Waals surface area contributed by atoms with Crippen LogP contribution in [0.1, 0.15) is 37.9 Å². The van der Waals surface area contributed by atoms with Crippen molar-refractivity contribution >= 4 is 50.2 Å². The Morgan fingerprint density at radius 1 is 1.28 bits per heavy atom. The van der Waals surface area contributed by atoms with E-state index in [0.29, 0.717) is 26.3 Å². The summed E-state index contributed by atoms with van der Waals surface area (Å²) in [5.74, 6) is -0.00553. The van der Waals surface area contributed by atoms with E-state index in [1.165, 1.54) is 11.3 Å².